The number of pyridine rings is 1. The average Bonchev–Trinajstić information content (AvgIpc) is 2.48. The molecule has 1 amide bonds. The molecule has 1 aromatic carbocycles. The summed E-state index contributed by atoms with van der Waals surface area (Å²) in [6, 6.07) is 12.0. The van der Waals surface area contributed by atoms with E-state index in [2.05, 4.69) is 10.3 Å². The van der Waals surface area contributed by atoms with Crippen LogP contribution in [0.3, 0.4) is 0 Å². The van der Waals surface area contributed by atoms with Crippen molar-refractivity contribution < 1.29 is 13.9 Å². The molecule has 1 heterocycles. The van der Waals surface area contributed by atoms with Crippen LogP contribution in [0.1, 0.15) is 16.8 Å². The molecule has 4 nitrogen and oxygen atoms in total. The molecule has 20 heavy (non-hydrogen) atoms. The average molecular weight is 274 g/mol. The van der Waals surface area contributed by atoms with Gasteiger partial charge in [-0.3, -0.25) is 4.79 Å². The number of benzene rings is 1. The van der Waals surface area contributed by atoms with Crippen LogP contribution in [0.2, 0.25) is 0 Å². The summed E-state index contributed by atoms with van der Waals surface area (Å²) in [7, 11) is 0. The third-order valence-electron chi connectivity index (χ3n) is 2.61. The quantitative estimate of drug-likeness (QED) is 0.650. The maximum atomic E-state index is 12.8. The van der Waals surface area contributed by atoms with Crippen molar-refractivity contribution in [3.8, 4) is 5.75 Å². The van der Waals surface area contributed by atoms with Gasteiger partial charge in [0.15, 0.2) is 0 Å². The largest absolute Gasteiger partial charge is 0.494 e. The monoisotopic (exact) mass is 274 g/mol. The molecule has 0 aliphatic heterocycles. The lowest BCUT2D eigenvalue weighted by molar-refractivity contribution is 0.0951. The van der Waals surface area contributed by atoms with E-state index in [-0.39, 0.29) is 11.5 Å². The number of carbonyl (C=O) groups is 1. The Labute approximate surface area is 116 Å². The first-order valence-corrected chi connectivity index (χ1v) is 6.33. The normalized spacial score (nSPS) is 10.1. The van der Waals surface area contributed by atoms with E-state index in [9.17, 15) is 9.18 Å². The Morgan fingerprint density at radius 1 is 1.25 bits per heavy atom. The third-order valence-corrected chi connectivity index (χ3v) is 2.61. The van der Waals surface area contributed by atoms with E-state index in [0.717, 1.165) is 11.8 Å². The van der Waals surface area contributed by atoms with E-state index in [1.54, 1.807) is 0 Å². The number of carbonyl (C=O) groups excluding carboxylic acids is 1. The van der Waals surface area contributed by atoms with E-state index in [4.69, 9.17) is 4.74 Å². The number of ether oxygens (including phenoxy) is 1. The Morgan fingerprint density at radius 3 is 2.80 bits per heavy atom. The van der Waals surface area contributed by atoms with Crippen molar-refractivity contribution in [1.82, 2.24) is 10.3 Å². The summed E-state index contributed by atoms with van der Waals surface area (Å²) >= 11 is 0. The van der Waals surface area contributed by atoms with E-state index in [0.29, 0.717) is 19.6 Å². The molecule has 0 saturated heterocycles. The predicted molar refractivity (Wildman–Crippen MR) is 73.1 cm³/mol. The molecule has 1 aromatic heterocycles. The number of nitrogens with one attached hydrogen (secondary N) is 1. The highest BCUT2D eigenvalue weighted by Gasteiger charge is 2.05. The minimum absolute atomic E-state index is 0.265. The lowest BCUT2D eigenvalue weighted by atomic mass is 10.2. The van der Waals surface area contributed by atoms with Gasteiger partial charge in [-0.15, -0.1) is 0 Å². The minimum Gasteiger partial charge on any atom is -0.494 e. The molecule has 2 rings (SSSR count). The molecule has 0 aliphatic rings. The summed E-state index contributed by atoms with van der Waals surface area (Å²) in [6.07, 6.45) is 1.94. The smallest absolute Gasteiger partial charge is 0.251 e. The van der Waals surface area contributed by atoms with Gasteiger partial charge in [0, 0.05) is 24.4 Å². The molecule has 2 aromatic rings. The van der Waals surface area contributed by atoms with Crippen LogP contribution in [-0.2, 0) is 0 Å². The second-order valence-electron chi connectivity index (χ2n) is 4.14. The molecule has 104 valence electrons. The number of halogens is 1. The SMILES string of the molecule is O=C(NCCCOc1ccccc1)c1ccnc(F)c1. The molecule has 0 fully saturated rings. The lowest BCUT2D eigenvalue weighted by Gasteiger charge is -2.07. The molecule has 0 spiro atoms. The number of rotatable bonds is 6. The zero-order valence-electron chi connectivity index (χ0n) is 10.9. The molecular formula is C15H15FN2O2. The summed E-state index contributed by atoms with van der Waals surface area (Å²) in [5.74, 6) is -0.175. The van der Waals surface area contributed by atoms with Gasteiger partial charge in [-0.25, -0.2) is 4.98 Å². The zero-order valence-corrected chi connectivity index (χ0v) is 10.9. The van der Waals surface area contributed by atoms with Crippen molar-refractivity contribution in [1.29, 1.82) is 0 Å². The highest BCUT2D eigenvalue weighted by Crippen LogP contribution is 2.08. The van der Waals surface area contributed by atoms with Crippen molar-refractivity contribution in [3.05, 3.63) is 60.2 Å². The second kappa shape index (κ2) is 7.23. The molecule has 1 N–H and O–H groups in total. The number of aromatic nitrogens is 1. The number of nitrogens with zero attached hydrogens (tertiary/aromatic N) is 1. The molecule has 0 saturated carbocycles. The Morgan fingerprint density at radius 2 is 2.05 bits per heavy atom. The molecule has 0 aliphatic carbocycles. The standard InChI is InChI=1S/C15H15FN2O2/c16-14-11-12(7-9-17-14)15(19)18-8-4-10-20-13-5-2-1-3-6-13/h1-3,5-7,9,11H,4,8,10H2,(H,18,19). The first-order chi connectivity index (χ1) is 9.75. The molecule has 5 heteroatoms. The van der Waals surface area contributed by atoms with E-state index < -0.39 is 5.95 Å². The van der Waals surface area contributed by atoms with Crippen LogP contribution in [0, 0.1) is 5.95 Å². The summed E-state index contributed by atoms with van der Waals surface area (Å²) in [6.45, 7) is 0.977. The van der Waals surface area contributed by atoms with Crippen LogP contribution < -0.4 is 10.1 Å². The van der Waals surface area contributed by atoms with Crippen molar-refractivity contribution >= 4 is 5.91 Å². The van der Waals surface area contributed by atoms with Crippen molar-refractivity contribution in [2.24, 2.45) is 0 Å². The van der Waals surface area contributed by atoms with Crippen LogP contribution in [-0.4, -0.2) is 24.0 Å². The van der Waals surface area contributed by atoms with Gasteiger partial charge in [0.1, 0.15) is 5.75 Å². The highest BCUT2D eigenvalue weighted by atomic mass is 19.1. The van der Waals surface area contributed by atoms with Gasteiger partial charge in [-0.2, -0.15) is 4.39 Å². The molecular weight excluding hydrogens is 259 g/mol. The van der Waals surface area contributed by atoms with Gasteiger partial charge >= 0.3 is 0 Å². The summed E-state index contributed by atoms with van der Waals surface area (Å²) in [5, 5.41) is 2.70. The maximum absolute atomic E-state index is 12.8. The summed E-state index contributed by atoms with van der Waals surface area (Å²) in [5.41, 5.74) is 0.265. The molecule has 0 unspecified atom stereocenters. The number of hydrogen-bond acceptors (Lipinski definition) is 3. The Balaban J connectivity index is 1.67. The van der Waals surface area contributed by atoms with Crippen LogP contribution in [0.4, 0.5) is 4.39 Å². The minimum atomic E-state index is -0.662. The predicted octanol–water partition coefficient (Wildman–Crippen LogP) is 2.42. The van der Waals surface area contributed by atoms with Crippen molar-refractivity contribution in [2.45, 2.75) is 6.42 Å². The fourth-order valence-electron chi connectivity index (χ4n) is 1.63. The number of hydrogen-bond donors (Lipinski definition) is 1. The van der Waals surface area contributed by atoms with E-state index in [1.807, 2.05) is 30.3 Å². The van der Waals surface area contributed by atoms with Crippen molar-refractivity contribution in [2.75, 3.05) is 13.2 Å². The first-order valence-electron chi connectivity index (χ1n) is 6.33. The van der Waals surface area contributed by atoms with Crippen LogP contribution in [0.5, 0.6) is 5.75 Å². The highest BCUT2D eigenvalue weighted by molar-refractivity contribution is 5.93. The van der Waals surface area contributed by atoms with Crippen LogP contribution >= 0.6 is 0 Å². The number of para-hydroxylation sites is 1. The van der Waals surface area contributed by atoms with Gasteiger partial charge in [-0.1, -0.05) is 18.2 Å². The van der Waals surface area contributed by atoms with Gasteiger partial charge in [0.2, 0.25) is 5.95 Å². The summed E-state index contributed by atoms with van der Waals surface area (Å²) in [4.78, 5) is 15.1. The van der Waals surface area contributed by atoms with Gasteiger partial charge < -0.3 is 10.1 Å². The van der Waals surface area contributed by atoms with Crippen LogP contribution in [0.15, 0.2) is 48.7 Å². The van der Waals surface area contributed by atoms with Crippen molar-refractivity contribution in [3.63, 3.8) is 0 Å². The second-order valence-corrected chi connectivity index (χ2v) is 4.14. The van der Waals surface area contributed by atoms with Gasteiger partial charge in [0.05, 0.1) is 6.61 Å². The molecule has 0 bridgehead atoms. The Bertz CT molecular complexity index is 561. The lowest BCUT2D eigenvalue weighted by Crippen LogP contribution is -2.25. The molecule has 0 radical (unpaired) electrons. The molecule has 0 atom stereocenters. The topological polar surface area (TPSA) is 51.2 Å². The Hall–Kier alpha value is -2.43. The van der Waals surface area contributed by atoms with Gasteiger partial charge in [-0.05, 0) is 24.6 Å². The fraction of sp³-hybridized carbons (Fsp3) is 0.200. The maximum Gasteiger partial charge on any atom is 0.251 e. The van der Waals surface area contributed by atoms with E-state index in [1.165, 1.54) is 12.3 Å². The number of amides is 1. The zero-order chi connectivity index (χ0) is 14.2. The summed E-state index contributed by atoms with van der Waals surface area (Å²) < 4.78 is 18.3. The third kappa shape index (κ3) is 4.35. The Kier molecular flexibility index (Phi) is 5.06. The first kappa shape index (κ1) is 14.0. The van der Waals surface area contributed by atoms with Gasteiger partial charge in [0.25, 0.3) is 5.91 Å². The fourth-order valence-corrected chi connectivity index (χ4v) is 1.63. The van der Waals surface area contributed by atoms with E-state index >= 15 is 0 Å². The van der Waals surface area contributed by atoms with Crippen LogP contribution in [0.25, 0.3) is 0 Å².